The molecule has 0 spiro atoms. The summed E-state index contributed by atoms with van der Waals surface area (Å²) in [5.74, 6) is -0.523. The summed E-state index contributed by atoms with van der Waals surface area (Å²) in [6.45, 7) is 4.32. The van der Waals surface area contributed by atoms with Crippen molar-refractivity contribution < 1.29 is 13.9 Å². The highest BCUT2D eigenvalue weighted by molar-refractivity contribution is 5.78. The number of benzene rings is 1. The molecule has 1 amide bonds. The fourth-order valence-electron chi connectivity index (χ4n) is 3.71. The van der Waals surface area contributed by atoms with Crippen LogP contribution in [0, 0.1) is 12.7 Å². The van der Waals surface area contributed by atoms with Crippen LogP contribution in [-0.4, -0.2) is 46.5 Å². The Hall–Kier alpha value is -2.73. The molecule has 0 saturated carbocycles. The molecule has 0 bridgehead atoms. The molecular weight excluding hydrogens is 345 g/mol. The average molecular weight is 367 g/mol. The SMILES string of the molecule is Cc1cccc2ncc(C(CC(=O)N3CCOCC3)c3cccc(F)c3)n12. The van der Waals surface area contributed by atoms with Gasteiger partial charge >= 0.3 is 0 Å². The number of halogens is 1. The minimum atomic E-state index is -0.304. The van der Waals surface area contributed by atoms with Gasteiger partial charge in [-0.05, 0) is 36.8 Å². The van der Waals surface area contributed by atoms with Gasteiger partial charge in [0.25, 0.3) is 0 Å². The number of carbonyl (C=O) groups is 1. The molecular formula is C21H22FN3O2. The van der Waals surface area contributed by atoms with Gasteiger partial charge in [0, 0.05) is 37.3 Å². The number of aromatic nitrogens is 2. The zero-order chi connectivity index (χ0) is 18.8. The van der Waals surface area contributed by atoms with Crippen molar-refractivity contribution in [1.82, 2.24) is 14.3 Å². The van der Waals surface area contributed by atoms with Gasteiger partial charge in [0.1, 0.15) is 11.5 Å². The molecule has 0 radical (unpaired) electrons. The predicted octanol–water partition coefficient (Wildman–Crippen LogP) is 3.16. The molecule has 0 aliphatic carbocycles. The van der Waals surface area contributed by atoms with E-state index >= 15 is 0 Å². The van der Waals surface area contributed by atoms with E-state index in [0.29, 0.717) is 26.3 Å². The van der Waals surface area contributed by atoms with Crippen LogP contribution >= 0.6 is 0 Å². The number of imidazole rings is 1. The minimum Gasteiger partial charge on any atom is -0.378 e. The van der Waals surface area contributed by atoms with Gasteiger partial charge < -0.3 is 14.0 Å². The summed E-state index contributed by atoms with van der Waals surface area (Å²) in [4.78, 5) is 19.2. The molecule has 1 fully saturated rings. The molecule has 27 heavy (non-hydrogen) atoms. The summed E-state index contributed by atoms with van der Waals surface area (Å²) in [5.41, 5.74) is 3.53. The van der Waals surface area contributed by atoms with E-state index in [1.165, 1.54) is 12.1 Å². The Morgan fingerprint density at radius 2 is 2.00 bits per heavy atom. The number of hydrogen-bond acceptors (Lipinski definition) is 3. The van der Waals surface area contributed by atoms with Gasteiger partial charge in [-0.25, -0.2) is 9.37 Å². The first-order valence-corrected chi connectivity index (χ1v) is 9.17. The van der Waals surface area contributed by atoms with Crippen molar-refractivity contribution in [2.24, 2.45) is 0 Å². The van der Waals surface area contributed by atoms with Crippen LogP contribution in [0.15, 0.2) is 48.7 Å². The van der Waals surface area contributed by atoms with E-state index in [1.54, 1.807) is 12.3 Å². The summed E-state index contributed by atoms with van der Waals surface area (Å²) >= 11 is 0. The Morgan fingerprint density at radius 1 is 1.22 bits per heavy atom. The lowest BCUT2D eigenvalue weighted by Crippen LogP contribution is -2.41. The molecule has 140 valence electrons. The molecule has 5 nitrogen and oxygen atoms in total. The smallest absolute Gasteiger partial charge is 0.223 e. The topological polar surface area (TPSA) is 46.8 Å². The summed E-state index contributed by atoms with van der Waals surface area (Å²) in [7, 11) is 0. The minimum absolute atomic E-state index is 0.0519. The Kier molecular flexibility index (Phi) is 4.90. The van der Waals surface area contributed by atoms with Gasteiger partial charge in [-0.1, -0.05) is 18.2 Å². The summed E-state index contributed by atoms with van der Waals surface area (Å²) in [6.07, 6.45) is 2.07. The number of hydrogen-bond donors (Lipinski definition) is 0. The third kappa shape index (κ3) is 3.57. The predicted molar refractivity (Wildman–Crippen MR) is 100 cm³/mol. The third-order valence-electron chi connectivity index (χ3n) is 5.10. The fourth-order valence-corrected chi connectivity index (χ4v) is 3.71. The maximum atomic E-state index is 13.9. The number of fused-ring (bicyclic) bond motifs is 1. The van der Waals surface area contributed by atoms with E-state index in [2.05, 4.69) is 4.98 Å². The van der Waals surface area contributed by atoms with Crippen LogP contribution in [0.3, 0.4) is 0 Å². The van der Waals surface area contributed by atoms with Gasteiger partial charge in [0.15, 0.2) is 0 Å². The maximum Gasteiger partial charge on any atom is 0.223 e. The van der Waals surface area contributed by atoms with E-state index in [4.69, 9.17) is 4.74 Å². The van der Waals surface area contributed by atoms with Crippen molar-refractivity contribution in [2.75, 3.05) is 26.3 Å². The first-order valence-electron chi connectivity index (χ1n) is 9.17. The van der Waals surface area contributed by atoms with Crippen molar-refractivity contribution in [3.8, 4) is 0 Å². The first kappa shape index (κ1) is 17.7. The zero-order valence-electron chi connectivity index (χ0n) is 15.3. The van der Waals surface area contributed by atoms with Crippen molar-refractivity contribution in [1.29, 1.82) is 0 Å². The second-order valence-electron chi connectivity index (χ2n) is 6.85. The molecule has 4 rings (SSSR count). The molecule has 1 aromatic carbocycles. The molecule has 1 aliphatic rings. The molecule has 3 aromatic rings. The second-order valence-corrected chi connectivity index (χ2v) is 6.85. The number of nitrogens with zero attached hydrogens (tertiary/aromatic N) is 3. The van der Waals surface area contributed by atoms with Gasteiger partial charge in [0.2, 0.25) is 5.91 Å². The Labute approximate surface area is 157 Å². The largest absolute Gasteiger partial charge is 0.378 e. The van der Waals surface area contributed by atoms with Gasteiger partial charge in [-0.15, -0.1) is 0 Å². The zero-order valence-corrected chi connectivity index (χ0v) is 15.3. The second kappa shape index (κ2) is 7.48. The Morgan fingerprint density at radius 3 is 2.78 bits per heavy atom. The summed E-state index contributed by atoms with van der Waals surface area (Å²) in [5, 5.41) is 0. The van der Waals surface area contributed by atoms with Crippen molar-refractivity contribution in [2.45, 2.75) is 19.3 Å². The molecule has 0 N–H and O–H groups in total. The van der Waals surface area contributed by atoms with E-state index in [9.17, 15) is 9.18 Å². The lowest BCUT2D eigenvalue weighted by Gasteiger charge is -2.28. The van der Waals surface area contributed by atoms with E-state index in [1.807, 2.05) is 40.5 Å². The number of ether oxygens (including phenoxy) is 1. The van der Waals surface area contributed by atoms with Crippen molar-refractivity contribution in [3.05, 3.63) is 71.4 Å². The van der Waals surface area contributed by atoms with Crippen molar-refractivity contribution >= 4 is 11.6 Å². The van der Waals surface area contributed by atoms with Gasteiger partial charge in [-0.2, -0.15) is 0 Å². The molecule has 1 atom stereocenters. The van der Waals surface area contributed by atoms with Crippen molar-refractivity contribution in [3.63, 3.8) is 0 Å². The maximum absolute atomic E-state index is 13.9. The standard InChI is InChI=1S/C21H22FN3O2/c1-15-4-2-7-20-23-14-19(25(15)20)18(16-5-3-6-17(22)12-16)13-21(26)24-8-10-27-11-9-24/h2-7,12,14,18H,8-11,13H2,1H3. The lowest BCUT2D eigenvalue weighted by molar-refractivity contribution is -0.135. The number of carbonyl (C=O) groups excluding carboxylic acids is 1. The number of amides is 1. The van der Waals surface area contributed by atoms with Crippen LogP contribution in [0.25, 0.3) is 5.65 Å². The summed E-state index contributed by atoms with van der Waals surface area (Å²) < 4.78 is 21.3. The molecule has 3 heterocycles. The number of aryl methyl sites for hydroxylation is 1. The quantitative estimate of drug-likeness (QED) is 0.712. The van der Waals surface area contributed by atoms with E-state index < -0.39 is 0 Å². The highest BCUT2D eigenvalue weighted by atomic mass is 19.1. The van der Waals surface area contributed by atoms with E-state index in [-0.39, 0.29) is 24.1 Å². The number of pyridine rings is 1. The Balaban J connectivity index is 1.75. The molecule has 1 saturated heterocycles. The normalized spacial score (nSPS) is 15.9. The molecule has 1 unspecified atom stereocenters. The van der Waals surface area contributed by atoms with Gasteiger partial charge in [0.05, 0.1) is 18.9 Å². The van der Waals surface area contributed by atoms with Crippen LogP contribution in [0.2, 0.25) is 0 Å². The molecule has 2 aromatic heterocycles. The molecule has 1 aliphatic heterocycles. The monoisotopic (exact) mass is 367 g/mol. The average Bonchev–Trinajstić information content (AvgIpc) is 3.12. The number of rotatable bonds is 4. The highest BCUT2D eigenvalue weighted by Crippen LogP contribution is 2.30. The van der Waals surface area contributed by atoms with Crippen LogP contribution in [-0.2, 0) is 9.53 Å². The van der Waals surface area contributed by atoms with Crippen LogP contribution in [0.1, 0.15) is 29.3 Å². The fraction of sp³-hybridized carbons (Fsp3) is 0.333. The third-order valence-corrected chi connectivity index (χ3v) is 5.10. The van der Waals surface area contributed by atoms with Gasteiger partial charge in [-0.3, -0.25) is 4.79 Å². The summed E-state index contributed by atoms with van der Waals surface area (Å²) in [6, 6.07) is 12.4. The highest BCUT2D eigenvalue weighted by Gasteiger charge is 2.26. The van der Waals surface area contributed by atoms with Crippen LogP contribution in [0.5, 0.6) is 0 Å². The first-order chi connectivity index (χ1) is 13.1. The van der Waals surface area contributed by atoms with Crippen LogP contribution in [0.4, 0.5) is 4.39 Å². The number of morpholine rings is 1. The lowest BCUT2D eigenvalue weighted by atomic mass is 9.91. The Bertz CT molecular complexity index is 963. The molecule has 6 heteroatoms. The van der Waals surface area contributed by atoms with E-state index in [0.717, 1.165) is 22.6 Å². The van der Waals surface area contributed by atoms with Crippen LogP contribution < -0.4 is 0 Å².